The Balaban J connectivity index is 1.38. The first kappa shape index (κ1) is 17.4. The Morgan fingerprint density at radius 3 is 2.89 bits per heavy atom. The van der Waals surface area contributed by atoms with E-state index in [1.54, 1.807) is 18.7 Å². The summed E-state index contributed by atoms with van der Waals surface area (Å²) in [7, 11) is 0. The zero-order valence-electron chi connectivity index (χ0n) is 15.3. The molecule has 2 fully saturated rings. The second kappa shape index (κ2) is 7.38. The monoisotopic (exact) mass is 382 g/mol. The van der Waals surface area contributed by atoms with Crippen LogP contribution >= 0.6 is 0 Å². The molecule has 8 heteroatoms. The number of hydrogen-bond acceptors (Lipinski definition) is 6. The molecule has 0 unspecified atom stereocenters. The summed E-state index contributed by atoms with van der Waals surface area (Å²) in [5.74, 6) is 1.58. The molecule has 2 saturated heterocycles. The lowest BCUT2D eigenvalue weighted by atomic mass is 10.1. The smallest absolute Gasteiger partial charge is 0.144 e. The average Bonchev–Trinajstić information content (AvgIpc) is 3.49. The molecule has 5 rings (SSSR count). The summed E-state index contributed by atoms with van der Waals surface area (Å²) in [6, 6.07) is 7.85. The van der Waals surface area contributed by atoms with Gasteiger partial charge in [0.15, 0.2) is 0 Å². The normalized spacial score (nSPS) is 26.5. The van der Waals surface area contributed by atoms with E-state index in [2.05, 4.69) is 14.5 Å². The third kappa shape index (κ3) is 3.09. The molecule has 0 aliphatic carbocycles. The number of rotatable bonds is 6. The number of aliphatic hydroxyl groups excluding tert-OH is 1. The van der Waals surface area contributed by atoms with Crippen molar-refractivity contribution >= 4 is 0 Å². The number of aliphatic hydroxyl groups is 1. The molecule has 4 atom stereocenters. The van der Waals surface area contributed by atoms with Crippen molar-refractivity contribution in [3.8, 4) is 17.1 Å². The standard InChI is InChI=1S/C20H22N4O4/c25-16-12-28-18-15(11-27-19(16)18)24-8-6-22-20(24)14-3-1-2-4-17(14)26-10-9-23-7-5-21-13-23/h1-8,13,15-16,18-19,25H,9-12H2/t15-,16+,18+,19+/m0/s1. The van der Waals surface area contributed by atoms with E-state index >= 15 is 0 Å². The van der Waals surface area contributed by atoms with Gasteiger partial charge in [-0.1, -0.05) is 12.1 Å². The highest BCUT2D eigenvalue weighted by Crippen LogP contribution is 2.38. The first-order valence-corrected chi connectivity index (χ1v) is 9.43. The molecular formula is C20H22N4O4. The minimum Gasteiger partial charge on any atom is -0.491 e. The van der Waals surface area contributed by atoms with Crippen molar-refractivity contribution in [2.45, 2.75) is 30.9 Å². The first-order valence-electron chi connectivity index (χ1n) is 9.43. The summed E-state index contributed by atoms with van der Waals surface area (Å²) < 4.78 is 21.7. The molecule has 2 aromatic heterocycles. The third-order valence-electron chi connectivity index (χ3n) is 5.32. The Bertz CT molecular complexity index is 926. The van der Waals surface area contributed by atoms with Crippen LogP contribution in [0.5, 0.6) is 5.75 Å². The maximum atomic E-state index is 10.0. The number of benzene rings is 1. The van der Waals surface area contributed by atoms with Gasteiger partial charge in [0, 0.05) is 24.8 Å². The van der Waals surface area contributed by atoms with Crippen LogP contribution in [0.25, 0.3) is 11.4 Å². The van der Waals surface area contributed by atoms with Gasteiger partial charge in [0.25, 0.3) is 0 Å². The van der Waals surface area contributed by atoms with Crippen molar-refractivity contribution in [3.05, 3.63) is 55.4 Å². The molecule has 3 aromatic rings. The number of nitrogens with zero attached hydrogens (tertiary/aromatic N) is 4. The first-order chi connectivity index (χ1) is 13.8. The van der Waals surface area contributed by atoms with E-state index in [9.17, 15) is 5.11 Å². The van der Waals surface area contributed by atoms with Crippen LogP contribution in [0.1, 0.15) is 6.04 Å². The Labute approximate surface area is 162 Å². The Kier molecular flexibility index (Phi) is 4.59. The molecule has 8 nitrogen and oxygen atoms in total. The summed E-state index contributed by atoms with van der Waals surface area (Å²) in [4.78, 5) is 8.62. The van der Waals surface area contributed by atoms with Gasteiger partial charge in [0.1, 0.15) is 36.5 Å². The topological polar surface area (TPSA) is 83.6 Å². The lowest BCUT2D eigenvalue weighted by molar-refractivity contribution is 0.0172. The van der Waals surface area contributed by atoms with Crippen LogP contribution in [-0.2, 0) is 16.0 Å². The van der Waals surface area contributed by atoms with Crippen molar-refractivity contribution in [3.63, 3.8) is 0 Å². The lowest BCUT2D eigenvalue weighted by Gasteiger charge is -2.20. The predicted molar refractivity (Wildman–Crippen MR) is 99.9 cm³/mol. The van der Waals surface area contributed by atoms with Crippen molar-refractivity contribution in [1.29, 1.82) is 0 Å². The Hall–Kier alpha value is -2.68. The van der Waals surface area contributed by atoms with Gasteiger partial charge >= 0.3 is 0 Å². The van der Waals surface area contributed by atoms with Crippen molar-refractivity contribution in [1.82, 2.24) is 19.1 Å². The molecule has 1 aromatic carbocycles. The van der Waals surface area contributed by atoms with Crippen LogP contribution in [0.15, 0.2) is 55.4 Å². The molecule has 0 saturated carbocycles. The molecular weight excluding hydrogens is 360 g/mol. The van der Waals surface area contributed by atoms with E-state index in [0.717, 1.165) is 17.1 Å². The number of para-hydroxylation sites is 1. The number of imidazole rings is 2. The van der Waals surface area contributed by atoms with Crippen molar-refractivity contribution < 1.29 is 19.3 Å². The van der Waals surface area contributed by atoms with Gasteiger partial charge in [-0.15, -0.1) is 0 Å². The van der Waals surface area contributed by atoms with Gasteiger partial charge in [-0.2, -0.15) is 0 Å². The molecule has 4 heterocycles. The van der Waals surface area contributed by atoms with Gasteiger partial charge in [-0.25, -0.2) is 9.97 Å². The minimum absolute atomic E-state index is 0.0290. The zero-order chi connectivity index (χ0) is 18.9. The number of hydrogen-bond donors (Lipinski definition) is 1. The number of ether oxygens (including phenoxy) is 3. The minimum atomic E-state index is -0.569. The number of aromatic nitrogens is 4. The second-order valence-corrected chi connectivity index (χ2v) is 7.03. The van der Waals surface area contributed by atoms with Gasteiger partial charge < -0.3 is 28.5 Å². The highest BCUT2D eigenvalue weighted by atomic mass is 16.6. The van der Waals surface area contributed by atoms with Crippen molar-refractivity contribution in [2.24, 2.45) is 0 Å². The van der Waals surface area contributed by atoms with Crippen LogP contribution < -0.4 is 4.74 Å². The van der Waals surface area contributed by atoms with Gasteiger partial charge in [0.2, 0.25) is 0 Å². The van der Waals surface area contributed by atoms with E-state index in [1.165, 1.54) is 0 Å². The maximum Gasteiger partial charge on any atom is 0.144 e. The summed E-state index contributed by atoms with van der Waals surface area (Å²) in [5.41, 5.74) is 0.917. The molecule has 2 aliphatic rings. The highest BCUT2D eigenvalue weighted by molar-refractivity contribution is 5.64. The van der Waals surface area contributed by atoms with Gasteiger partial charge in [-0.05, 0) is 12.1 Å². The molecule has 146 valence electrons. The summed E-state index contributed by atoms with van der Waals surface area (Å²) in [6.07, 6.45) is 8.13. The van der Waals surface area contributed by atoms with Crippen LogP contribution in [0.3, 0.4) is 0 Å². The fraction of sp³-hybridized carbons (Fsp3) is 0.400. The SMILES string of the molecule is O[C@@H]1CO[C@H]2[C@@H]1OC[C@@H]2n1ccnc1-c1ccccc1OCCn1ccnc1. The van der Waals surface area contributed by atoms with Gasteiger partial charge in [0.05, 0.1) is 37.7 Å². The molecule has 0 amide bonds. The fourth-order valence-corrected chi connectivity index (χ4v) is 3.94. The van der Waals surface area contributed by atoms with Crippen molar-refractivity contribution in [2.75, 3.05) is 19.8 Å². The summed E-state index contributed by atoms with van der Waals surface area (Å²) in [6.45, 7) is 2.04. The molecule has 2 aliphatic heterocycles. The predicted octanol–water partition coefficient (Wildman–Crippen LogP) is 1.53. The van der Waals surface area contributed by atoms with Crippen LogP contribution in [0, 0.1) is 0 Å². The summed E-state index contributed by atoms with van der Waals surface area (Å²) >= 11 is 0. The Morgan fingerprint density at radius 1 is 1.11 bits per heavy atom. The molecule has 0 radical (unpaired) electrons. The van der Waals surface area contributed by atoms with E-state index in [4.69, 9.17) is 14.2 Å². The van der Waals surface area contributed by atoms with E-state index < -0.39 is 6.10 Å². The summed E-state index contributed by atoms with van der Waals surface area (Å²) in [5, 5.41) is 10.0. The Morgan fingerprint density at radius 2 is 2.00 bits per heavy atom. The second-order valence-electron chi connectivity index (χ2n) is 7.03. The largest absolute Gasteiger partial charge is 0.491 e. The molecule has 0 bridgehead atoms. The molecule has 0 spiro atoms. The van der Waals surface area contributed by atoms with Crippen LogP contribution in [0.2, 0.25) is 0 Å². The van der Waals surface area contributed by atoms with E-state index in [1.807, 2.05) is 41.2 Å². The number of fused-ring (bicyclic) bond motifs is 1. The molecule has 1 N–H and O–H groups in total. The third-order valence-corrected chi connectivity index (χ3v) is 5.32. The maximum absolute atomic E-state index is 10.0. The zero-order valence-corrected chi connectivity index (χ0v) is 15.3. The molecule has 28 heavy (non-hydrogen) atoms. The average molecular weight is 382 g/mol. The van der Waals surface area contributed by atoms with E-state index in [0.29, 0.717) is 26.4 Å². The van der Waals surface area contributed by atoms with E-state index in [-0.39, 0.29) is 18.2 Å². The fourth-order valence-electron chi connectivity index (χ4n) is 3.94. The van der Waals surface area contributed by atoms with Gasteiger partial charge in [-0.3, -0.25) is 0 Å². The lowest BCUT2D eigenvalue weighted by Crippen LogP contribution is -2.30. The quantitative estimate of drug-likeness (QED) is 0.696. The van der Waals surface area contributed by atoms with Crippen LogP contribution in [-0.4, -0.2) is 62.3 Å². The van der Waals surface area contributed by atoms with Crippen LogP contribution in [0.4, 0.5) is 0 Å². The highest BCUT2D eigenvalue weighted by Gasteiger charge is 2.48.